The fourth-order valence-corrected chi connectivity index (χ4v) is 0.963. The molecule has 1 aromatic rings. The molecule has 0 aliphatic heterocycles. The Morgan fingerprint density at radius 1 is 1.64 bits per heavy atom. The van der Waals surface area contributed by atoms with E-state index in [1.165, 1.54) is 0 Å². The zero-order valence-corrected chi connectivity index (χ0v) is 8.01. The van der Waals surface area contributed by atoms with Gasteiger partial charge in [0, 0.05) is 18.9 Å². The molecule has 0 aromatic carbocycles. The summed E-state index contributed by atoms with van der Waals surface area (Å²) in [6.07, 6.45) is 3.45. The molecule has 0 saturated carbocycles. The fourth-order valence-electron chi connectivity index (χ4n) is 0.963. The molecule has 0 bridgehead atoms. The number of nitrogens with two attached hydrogens (primary N) is 1. The van der Waals surface area contributed by atoms with Gasteiger partial charge in [-0.25, -0.2) is 0 Å². The first-order valence-corrected chi connectivity index (χ1v) is 4.33. The summed E-state index contributed by atoms with van der Waals surface area (Å²) in [4.78, 5) is 3.91. The summed E-state index contributed by atoms with van der Waals surface area (Å²) in [6, 6.07) is 3.67. The van der Waals surface area contributed by atoms with E-state index in [2.05, 4.69) is 15.5 Å². The summed E-state index contributed by atoms with van der Waals surface area (Å²) in [7, 11) is 0. The fraction of sp³-hybridized carbons (Fsp3) is 0.333. The molecular weight excluding hydrogens is 180 g/mol. The van der Waals surface area contributed by atoms with Crippen LogP contribution in [0.15, 0.2) is 29.7 Å². The maximum atomic E-state index is 8.42. The standard InChI is InChI=1S/C9H14N4O/c1-7(9(10)13-14)12-6-8-2-4-11-5-3-8/h2-5,7,12,14H,6H2,1H3,(H2,10,13). The van der Waals surface area contributed by atoms with E-state index in [1.54, 1.807) is 12.4 Å². The molecule has 5 nitrogen and oxygen atoms in total. The zero-order chi connectivity index (χ0) is 10.4. The first-order chi connectivity index (χ1) is 6.74. The minimum Gasteiger partial charge on any atom is -0.409 e. The van der Waals surface area contributed by atoms with E-state index >= 15 is 0 Å². The second-order valence-electron chi connectivity index (χ2n) is 2.98. The van der Waals surface area contributed by atoms with Crippen LogP contribution in [0, 0.1) is 0 Å². The minimum atomic E-state index is -0.145. The lowest BCUT2D eigenvalue weighted by Gasteiger charge is -2.11. The average Bonchev–Trinajstić information content (AvgIpc) is 2.26. The molecule has 0 aliphatic carbocycles. The van der Waals surface area contributed by atoms with Crippen molar-refractivity contribution in [3.05, 3.63) is 30.1 Å². The predicted octanol–water partition coefficient (Wildman–Crippen LogP) is 0.306. The van der Waals surface area contributed by atoms with E-state index in [0.717, 1.165) is 5.56 Å². The summed E-state index contributed by atoms with van der Waals surface area (Å²) in [5, 5.41) is 14.4. The highest BCUT2D eigenvalue weighted by Crippen LogP contribution is 1.95. The van der Waals surface area contributed by atoms with Gasteiger partial charge in [0.05, 0.1) is 6.04 Å². The molecule has 4 N–H and O–H groups in total. The van der Waals surface area contributed by atoms with Crippen LogP contribution in [0.3, 0.4) is 0 Å². The van der Waals surface area contributed by atoms with Crippen molar-refractivity contribution >= 4 is 5.84 Å². The summed E-state index contributed by atoms with van der Waals surface area (Å²) >= 11 is 0. The first kappa shape index (κ1) is 10.5. The molecule has 0 radical (unpaired) electrons. The van der Waals surface area contributed by atoms with Gasteiger partial charge < -0.3 is 16.3 Å². The third-order valence-electron chi connectivity index (χ3n) is 1.92. The van der Waals surface area contributed by atoms with Crippen molar-refractivity contribution in [1.29, 1.82) is 0 Å². The lowest BCUT2D eigenvalue weighted by molar-refractivity contribution is 0.315. The Hall–Kier alpha value is -1.62. The van der Waals surface area contributed by atoms with Crippen LogP contribution in [0.5, 0.6) is 0 Å². The van der Waals surface area contributed by atoms with E-state index in [-0.39, 0.29) is 11.9 Å². The van der Waals surface area contributed by atoms with Crippen LogP contribution in [0.2, 0.25) is 0 Å². The minimum absolute atomic E-state index is 0.145. The topological polar surface area (TPSA) is 83.5 Å². The maximum absolute atomic E-state index is 8.42. The van der Waals surface area contributed by atoms with Gasteiger partial charge in [0.15, 0.2) is 5.84 Å². The lowest BCUT2D eigenvalue weighted by atomic mass is 10.2. The maximum Gasteiger partial charge on any atom is 0.156 e. The van der Waals surface area contributed by atoms with Crippen LogP contribution < -0.4 is 11.1 Å². The summed E-state index contributed by atoms with van der Waals surface area (Å²) in [5.41, 5.74) is 6.51. The summed E-state index contributed by atoms with van der Waals surface area (Å²) < 4.78 is 0. The molecule has 1 aromatic heterocycles. The Labute approximate surface area is 82.6 Å². The molecule has 0 aliphatic rings. The molecule has 1 heterocycles. The molecule has 0 spiro atoms. The number of rotatable bonds is 4. The molecule has 1 rings (SSSR count). The third kappa shape index (κ3) is 3.02. The van der Waals surface area contributed by atoms with Gasteiger partial charge in [-0.3, -0.25) is 4.98 Å². The Morgan fingerprint density at radius 2 is 2.29 bits per heavy atom. The van der Waals surface area contributed by atoms with Gasteiger partial charge in [0.2, 0.25) is 0 Å². The van der Waals surface area contributed by atoms with Crippen LogP contribution in [-0.2, 0) is 6.54 Å². The van der Waals surface area contributed by atoms with Crippen molar-refractivity contribution in [1.82, 2.24) is 10.3 Å². The summed E-state index contributed by atoms with van der Waals surface area (Å²) in [6.45, 7) is 2.50. The predicted molar refractivity (Wildman–Crippen MR) is 53.9 cm³/mol. The smallest absolute Gasteiger partial charge is 0.156 e. The van der Waals surface area contributed by atoms with E-state index in [9.17, 15) is 0 Å². The molecular formula is C9H14N4O. The summed E-state index contributed by atoms with van der Waals surface area (Å²) in [5.74, 6) is 0.180. The largest absolute Gasteiger partial charge is 0.409 e. The van der Waals surface area contributed by atoms with Crippen molar-refractivity contribution in [3.63, 3.8) is 0 Å². The van der Waals surface area contributed by atoms with Gasteiger partial charge in [0.25, 0.3) is 0 Å². The Morgan fingerprint density at radius 3 is 2.86 bits per heavy atom. The number of pyridine rings is 1. The molecule has 5 heteroatoms. The zero-order valence-electron chi connectivity index (χ0n) is 8.01. The highest BCUT2D eigenvalue weighted by Gasteiger charge is 2.05. The molecule has 1 atom stereocenters. The Kier molecular flexibility index (Phi) is 3.87. The van der Waals surface area contributed by atoms with Gasteiger partial charge >= 0.3 is 0 Å². The average molecular weight is 194 g/mol. The SMILES string of the molecule is CC(NCc1ccncc1)C(N)=NO. The number of aromatic nitrogens is 1. The van der Waals surface area contributed by atoms with Crippen LogP contribution in [0.25, 0.3) is 0 Å². The molecule has 0 saturated heterocycles. The number of amidine groups is 1. The lowest BCUT2D eigenvalue weighted by Crippen LogP contribution is -2.38. The van der Waals surface area contributed by atoms with E-state index in [1.807, 2.05) is 19.1 Å². The van der Waals surface area contributed by atoms with Gasteiger partial charge in [-0.05, 0) is 24.6 Å². The number of oxime groups is 1. The van der Waals surface area contributed by atoms with Crippen molar-refractivity contribution in [2.45, 2.75) is 19.5 Å². The number of nitrogens with zero attached hydrogens (tertiary/aromatic N) is 2. The van der Waals surface area contributed by atoms with E-state index in [0.29, 0.717) is 6.54 Å². The van der Waals surface area contributed by atoms with Gasteiger partial charge in [-0.2, -0.15) is 0 Å². The van der Waals surface area contributed by atoms with Gasteiger partial charge in [-0.15, -0.1) is 0 Å². The second-order valence-corrected chi connectivity index (χ2v) is 2.98. The number of nitrogens with one attached hydrogen (secondary N) is 1. The van der Waals surface area contributed by atoms with Crippen molar-refractivity contribution < 1.29 is 5.21 Å². The normalized spacial score (nSPS) is 13.9. The number of hydrogen-bond donors (Lipinski definition) is 3. The van der Waals surface area contributed by atoms with Crippen molar-refractivity contribution in [2.75, 3.05) is 0 Å². The Balaban J connectivity index is 2.42. The molecule has 14 heavy (non-hydrogen) atoms. The molecule has 1 unspecified atom stereocenters. The quantitative estimate of drug-likeness (QED) is 0.279. The first-order valence-electron chi connectivity index (χ1n) is 4.33. The van der Waals surface area contributed by atoms with Gasteiger partial charge in [-0.1, -0.05) is 5.16 Å². The van der Waals surface area contributed by atoms with E-state index in [4.69, 9.17) is 10.9 Å². The van der Waals surface area contributed by atoms with Crippen molar-refractivity contribution in [2.24, 2.45) is 10.9 Å². The van der Waals surface area contributed by atoms with Crippen LogP contribution in [0.4, 0.5) is 0 Å². The van der Waals surface area contributed by atoms with E-state index < -0.39 is 0 Å². The molecule has 0 fully saturated rings. The molecule has 76 valence electrons. The number of hydrogen-bond acceptors (Lipinski definition) is 4. The highest BCUT2D eigenvalue weighted by molar-refractivity contribution is 5.84. The highest BCUT2D eigenvalue weighted by atomic mass is 16.4. The Bertz CT molecular complexity index is 299. The van der Waals surface area contributed by atoms with Gasteiger partial charge in [0.1, 0.15) is 0 Å². The molecule has 0 amide bonds. The van der Waals surface area contributed by atoms with Crippen LogP contribution >= 0.6 is 0 Å². The second kappa shape index (κ2) is 5.18. The monoisotopic (exact) mass is 194 g/mol. The van der Waals surface area contributed by atoms with Crippen LogP contribution in [0.1, 0.15) is 12.5 Å². The van der Waals surface area contributed by atoms with Crippen LogP contribution in [-0.4, -0.2) is 22.1 Å². The third-order valence-corrected chi connectivity index (χ3v) is 1.92. The van der Waals surface area contributed by atoms with Crippen molar-refractivity contribution in [3.8, 4) is 0 Å².